The summed E-state index contributed by atoms with van der Waals surface area (Å²) in [5.41, 5.74) is 5.43. The number of nitrogens with zero attached hydrogens (tertiary/aromatic N) is 2. The van der Waals surface area contributed by atoms with Crippen LogP contribution in [0.5, 0.6) is 0 Å². The van der Waals surface area contributed by atoms with Gasteiger partial charge >= 0.3 is 0 Å². The summed E-state index contributed by atoms with van der Waals surface area (Å²) in [4.78, 5) is 15.6. The Morgan fingerprint density at radius 3 is 3.06 bits per heavy atom. The molecule has 0 aromatic carbocycles. The zero-order valence-electron chi connectivity index (χ0n) is 9.94. The Kier molecular flexibility index (Phi) is 4.98. The molecule has 0 aliphatic carbocycles. The van der Waals surface area contributed by atoms with Gasteiger partial charge in [-0.25, -0.2) is 4.98 Å². The van der Waals surface area contributed by atoms with E-state index < -0.39 is 0 Å². The fraction of sp³-hybridized carbons (Fsp3) is 0.636. The van der Waals surface area contributed by atoms with E-state index in [1.54, 1.807) is 19.4 Å². The summed E-state index contributed by atoms with van der Waals surface area (Å²) in [7, 11) is 1.71. The van der Waals surface area contributed by atoms with Crippen molar-refractivity contribution in [3.05, 3.63) is 22.7 Å². The Morgan fingerprint density at radius 1 is 1.62 bits per heavy atom. The van der Waals surface area contributed by atoms with Gasteiger partial charge in [-0.15, -0.1) is 0 Å². The highest BCUT2D eigenvalue weighted by Crippen LogP contribution is 2.03. The van der Waals surface area contributed by atoms with Crippen LogP contribution >= 0.6 is 0 Å². The topological polar surface area (TPSA) is 72.9 Å². The van der Waals surface area contributed by atoms with E-state index in [9.17, 15) is 4.79 Å². The molecule has 0 bridgehead atoms. The minimum Gasteiger partial charge on any atom is -0.365 e. The van der Waals surface area contributed by atoms with E-state index in [0.717, 1.165) is 19.4 Å². The van der Waals surface area contributed by atoms with Crippen LogP contribution in [0, 0.1) is 5.92 Å². The summed E-state index contributed by atoms with van der Waals surface area (Å²) in [5, 5.41) is 3.05. The van der Waals surface area contributed by atoms with Gasteiger partial charge in [0, 0.05) is 26.0 Å². The molecule has 90 valence electrons. The molecule has 0 spiro atoms. The van der Waals surface area contributed by atoms with E-state index in [1.807, 2.05) is 0 Å². The summed E-state index contributed by atoms with van der Waals surface area (Å²) in [6, 6.07) is 0. The molecule has 3 N–H and O–H groups in total. The van der Waals surface area contributed by atoms with Crippen LogP contribution in [0.2, 0.25) is 0 Å². The van der Waals surface area contributed by atoms with Gasteiger partial charge in [-0.3, -0.25) is 4.79 Å². The van der Waals surface area contributed by atoms with Gasteiger partial charge in [-0.05, 0) is 25.3 Å². The molecule has 0 aliphatic rings. The van der Waals surface area contributed by atoms with E-state index in [4.69, 9.17) is 5.73 Å². The van der Waals surface area contributed by atoms with Crippen LogP contribution in [-0.2, 0) is 7.05 Å². The molecule has 16 heavy (non-hydrogen) atoms. The van der Waals surface area contributed by atoms with Crippen molar-refractivity contribution in [1.29, 1.82) is 0 Å². The first kappa shape index (κ1) is 12.7. The zero-order valence-corrected chi connectivity index (χ0v) is 9.94. The average molecular weight is 224 g/mol. The highest BCUT2D eigenvalue weighted by Gasteiger charge is 2.02. The van der Waals surface area contributed by atoms with Crippen LogP contribution in [0.1, 0.15) is 19.8 Å². The van der Waals surface area contributed by atoms with Crippen molar-refractivity contribution in [2.75, 3.05) is 18.4 Å². The van der Waals surface area contributed by atoms with Crippen LogP contribution in [0.3, 0.4) is 0 Å². The molecular formula is C11H20N4O. The van der Waals surface area contributed by atoms with Crippen molar-refractivity contribution < 1.29 is 0 Å². The van der Waals surface area contributed by atoms with E-state index in [2.05, 4.69) is 17.2 Å². The molecule has 0 radical (unpaired) electrons. The minimum absolute atomic E-state index is 0.0885. The van der Waals surface area contributed by atoms with Crippen LogP contribution in [0.25, 0.3) is 0 Å². The third-order valence-electron chi connectivity index (χ3n) is 2.59. The van der Waals surface area contributed by atoms with Crippen molar-refractivity contribution in [3.63, 3.8) is 0 Å². The fourth-order valence-corrected chi connectivity index (χ4v) is 1.39. The zero-order chi connectivity index (χ0) is 12.0. The molecule has 1 unspecified atom stereocenters. The Balaban J connectivity index is 2.38. The minimum atomic E-state index is -0.0885. The lowest BCUT2D eigenvalue weighted by atomic mass is 10.1. The summed E-state index contributed by atoms with van der Waals surface area (Å²) < 4.78 is 1.51. The van der Waals surface area contributed by atoms with Gasteiger partial charge in [0.05, 0.1) is 0 Å². The van der Waals surface area contributed by atoms with Crippen molar-refractivity contribution in [3.8, 4) is 0 Å². The quantitative estimate of drug-likeness (QED) is 0.693. The van der Waals surface area contributed by atoms with E-state index in [-0.39, 0.29) is 5.56 Å². The summed E-state index contributed by atoms with van der Waals surface area (Å²) in [6.45, 7) is 3.60. The number of aromatic nitrogens is 2. The summed E-state index contributed by atoms with van der Waals surface area (Å²) in [6.07, 6.45) is 5.32. The highest BCUT2D eigenvalue weighted by atomic mass is 16.1. The second kappa shape index (κ2) is 6.27. The van der Waals surface area contributed by atoms with Crippen molar-refractivity contribution in [1.82, 2.24) is 9.55 Å². The first-order chi connectivity index (χ1) is 7.65. The van der Waals surface area contributed by atoms with Gasteiger partial charge in [-0.1, -0.05) is 6.92 Å². The standard InChI is InChI=1S/C11H20N4O/c1-9(8-12)4-3-5-13-10-11(16)15(2)7-6-14-10/h6-7,9H,3-5,8,12H2,1-2H3,(H,13,14). The molecule has 0 aliphatic heterocycles. The molecular weight excluding hydrogens is 204 g/mol. The number of nitrogens with one attached hydrogen (secondary N) is 1. The maximum absolute atomic E-state index is 11.6. The van der Waals surface area contributed by atoms with Crippen molar-refractivity contribution in [2.24, 2.45) is 18.7 Å². The number of rotatable bonds is 6. The number of anilines is 1. The van der Waals surface area contributed by atoms with Gasteiger partial charge in [0.15, 0.2) is 5.82 Å². The Morgan fingerprint density at radius 2 is 2.38 bits per heavy atom. The second-order valence-electron chi connectivity index (χ2n) is 4.10. The lowest BCUT2D eigenvalue weighted by Crippen LogP contribution is -2.22. The molecule has 0 amide bonds. The lowest BCUT2D eigenvalue weighted by molar-refractivity contribution is 0.529. The third-order valence-corrected chi connectivity index (χ3v) is 2.59. The van der Waals surface area contributed by atoms with Crippen LogP contribution in [0.4, 0.5) is 5.82 Å². The molecule has 1 rings (SSSR count). The number of nitrogens with two attached hydrogens (primary N) is 1. The van der Waals surface area contributed by atoms with Gasteiger partial charge in [0.25, 0.3) is 5.56 Å². The molecule has 1 atom stereocenters. The second-order valence-corrected chi connectivity index (χ2v) is 4.10. The summed E-state index contributed by atoms with van der Waals surface area (Å²) in [5.74, 6) is 0.957. The Labute approximate surface area is 95.7 Å². The maximum atomic E-state index is 11.6. The first-order valence-electron chi connectivity index (χ1n) is 5.60. The third kappa shape index (κ3) is 3.66. The predicted molar refractivity (Wildman–Crippen MR) is 65.4 cm³/mol. The fourth-order valence-electron chi connectivity index (χ4n) is 1.39. The Bertz CT molecular complexity index is 374. The average Bonchev–Trinajstić information content (AvgIpc) is 2.29. The normalized spacial score (nSPS) is 12.4. The van der Waals surface area contributed by atoms with E-state index in [0.29, 0.717) is 18.3 Å². The smallest absolute Gasteiger partial charge is 0.293 e. The van der Waals surface area contributed by atoms with Gasteiger partial charge in [-0.2, -0.15) is 0 Å². The molecule has 5 heteroatoms. The molecule has 0 saturated carbocycles. The molecule has 1 aromatic rings. The molecule has 0 fully saturated rings. The Hall–Kier alpha value is -1.36. The van der Waals surface area contributed by atoms with Gasteiger partial charge in [0.1, 0.15) is 0 Å². The lowest BCUT2D eigenvalue weighted by Gasteiger charge is -2.09. The van der Waals surface area contributed by atoms with Gasteiger partial charge in [0.2, 0.25) is 0 Å². The molecule has 1 aromatic heterocycles. The van der Waals surface area contributed by atoms with E-state index in [1.165, 1.54) is 4.57 Å². The molecule has 5 nitrogen and oxygen atoms in total. The monoisotopic (exact) mass is 224 g/mol. The SMILES string of the molecule is CC(CN)CCCNc1nccn(C)c1=O. The van der Waals surface area contributed by atoms with Crippen LogP contribution < -0.4 is 16.6 Å². The van der Waals surface area contributed by atoms with Crippen molar-refractivity contribution >= 4 is 5.82 Å². The maximum Gasteiger partial charge on any atom is 0.293 e. The molecule has 0 saturated heterocycles. The number of hydrogen-bond donors (Lipinski definition) is 2. The molecule has 1 heterocycles. The predicted octanol–water partition coefficient (Wildman–Crippen LogP) is 0.567. The largest absolute Gasteiger partial charge is 0.365 e. The van der Waals surface area contributed by atoms with Crippen LogP contribution in [-0.4, -0.2) is 22.6 Å². The first-order valence-corrected chi connectivity index (χ1v) is 5.60. The van der Waals surface area contributed by atoms with Crippen molar-refractivity contribution in [2.45, 2.75) is 19.8 Å². The number of hydrogen-bond acceptors (Lipinski definition) is 4. The summed E-state index contributed by atoms with van der Waals surface area (Å²) >= 11 is 0. The van der Waals surface area contributed by atoms with Crippen LogP contribution in [0.15, 0.2) is 17.2 Å². The van der Waals surface area contributed by atoms with Gasteiger partial charge < -0.3 is 15.6 Å². The van der Waals surface area contributed by atoms with E-state index >= 15 is 0 Å². The number of aryl methyl sites for hydroxylation is 1. The highest BCUT2D eigenvalue weighted by molar-refractivity contribution is 5.30.